The zero-order chi connectivity index (χ0) is 12.4. The Morgan fingerprint density at radius 1 is 1.41 bits per heavy atom. The Bertz CT molecular complexity index is 567. The number of anilines is 1. The van der Waals surface area contributed by atoms with E-state index in [0.29, 0.717) is 4.47 Å². The van der Waals surface area contributed by atoms with Gasteiger partial charge in [-0.15, -0.1) is 0 Å². The Morgan fingerprint density at radius 3 is 2.88 bits per heavy atom. The van der Waals surface area contributed by atoms with Crippen LogP contribution >= 0.6 is 27.5 Å². The summed E-state index contributed by atoms with van der Waals surface area (Å²) in [6.07, 6.45) is 1.44. The molecule has 0 aliphatic rings. The lowest BCUT2D eigenvalue weighted by Crippen LogP contribution is -1.96. The molecular weight excluding hydrogens is 312 g/mol. The minimum atomic E-state index is -0.577. The fraction of sp³-hybridized carbons (Fsp3) is 0. The van der Waals surface area contributed by atoms with Crippen molar-refractivity contribution in [1.82, 2.24) is 9.97 Å². The quantitative estimate of drug-likeness (QED) is 0.862. The summed E-state index contributed by atoms with van der Waals surface area (Å²) in [5.41, 5.74) is 5.40. The first-order valence-electron chi connectivity index (χ1n) is 4.47. The third kappa shape index (κ3) is 2.83. The number of nitrogen functional groups attached to an aromatic ring is 1. The lowest BCUT2D eigenvalue weighted by Gasteiger charge is -2.07. The summed E-state index contributed by atoms with van der Waals surface area (Å²) in [5, 5.41) is 0.00595. The highest BCUT2D eigenvalue weighted by molar-refractivity contribution is 9.10. The number of rotatable bonds is 2. The summed E-state index contributed by atoms with van der Waals surface area (Å²) >= 11 is 8.81. The van der Waals surface area contributed by atoms with Gasteiger partial charge in [-0.05, 0) is 22.0 Å². The maximum atomic E-state index is 13.3. The van der Waals surface area contributed by atoms with Crippen molar-refractivity contribution >= 4 is 33.5 Å². The molecule has 0 amide bonds. The first-order valence-corrected chi connectivity index (χ1v) is 5.64. The highest BCUT2D eigenvalue weighted by Gasteiger charge is 2.09. The Hall–Kier alpha value is -1.40. The molecule has 0 bridgehead atoms. The van der Waals surface area contributed by atoms with Gasteiger partial charge >= 0.3 is 0 Å². The number of aromatic nitrogens is 2. The van der Waals surface area contributed by atoms with E-state index in [1.807, 2.05) is 0 Å². The summed E-state index contributed by atoms with van der Waals surface area (Å²) < 4.78 is 19.1. The van der Waals surface area contributed by atoms with Crippen molar-refractivity contribution in [2.24, 2.45) is 0 Å². The van der Waals surface area contributed by atoms with Gasteiger partial charge in [0.05, 0.1) is 9.50 Å². The molecule has 88 valence electrons. The van der Waals surface area contributed by atoms with E-state index in [-0.39, 0.29) is 22.6 Å². The van der Waals surface area contributed by atoms with Gasteiger partial charge in [-0.1, -0.05) is 11.6 Å². The molecule has 2 aromatic rings. The van der Waals surface area contributed by atoms with Gasteiger partial charge < -0.3 is 10.5 Å². The van der Waals surface area contributed by atoms with Crippen molar-refractivity contribution in [3.8, 4) is 11.6 Å². The summed E-state index contributed by atoms with van der Waals surface area (Å²) in [6, 6.07) is 4.07. The van der Waals surface area contributed by atoms with E-state index in [0.717, 1.165) is 6.07 Å². The molecule has 0 aliphatic heterocycles. The van der Waals surface area contributed by atoms with Crippen LogP contribution in [0, 0.1) is 5.82 Å². The topological polar surface area (TPSA) is 61.0 Å². The fourth-order valence-electron chi connectivity index (χ4n) is 1.11. The largest absolute Gasteiger partial charge is 0.438 e. The van der Waals surface area contributed by atoms with Crippen molar-refractivity contribution in [3.05, 3.63) is 39.7 Å². The predicted octanol–water partition coefficient (Wildman–Crippen LogP) is 3.41. The third-order valence-electron chi connectivity index (χ3n) is 1.84. The van der Waals surface area contributed by atoms with Crippen molar-refractivity contribution < 1.29 is 9.13 Å². The van der Waals surface area contributed by atoms with Gasteiger partial charge in [-0.2, -0.15) is 4.98 Å². The van der Waals surface area contributed by atoms with Crippen LogP contribution in [0.5, 0.6) is 11.6 Å². The molecule has 0 atom stereocenters. The fourth-order valence-corrected chi connectivity index (χ4v) is 1.83. The average molecular weight is 319 g/mol. The summed E-state index contributed by atoms with van der Waals surface area (Å²) in [5.74, 6) is -0.0233. The number of benzene rings is 1. The minimum Gasteiger partial charge on any atom is -0.438 e. The molecule has 1 aromatic carbocycles. The van der Waals surface area contributed by atoms with Gasteiger partial charge in [-0.25, -0.2) is 9.37 Å². The normalized spacial score (nSPS) is 10.3. The molecule has 0 spiro atoms. The van der Waals surface area contributed by atoms with Gasteiger partial charge in [0.15, 0.2) is 0 Å². The second-order valence-electron chi connectivity index (χ2n) is 3.05. The molecule has 0 radical (unpaired) electrons. The van der Waals surface area contributed by atoms with Crippen LogP contribution in [0.1, 0.15) is 0 Å². The second kappa shape index (κ2) is 4.85. The van der Waals surface area contributed by atoms with Crippen molar-refractivity contribution in [2.75, 3.05) is 5.73 Å². The highest BCUT2D eigenvalue weighted by atomic mass is 79.9. The molecule has 17 heavy (non-hydrogen) atoms. The van der Waals surface area contributed by atoms with Gasteiger partial charge in [0.2, 0.25) is 11.8 Å². The van der Waals surface area contributed by atoms with Gasteiger partial charge in [0, 0.05) is 18.3 Å². The van der Waals surface area contributed by atoms with E-state index in [2.05, 4.69) is 25.9 Å². The average Bonchev–Trinajstić information content (AvgIpc) is 2.26. The molecule has 0 aliphatic carbocycles. The zero-order valence-electron chi connectivity index (χ0n) is 8.32. The molecule has 1 heterocycles. The molecule has 2 N–H and O–H groups in total. The van der Waals surface area contributed by atoms with Crippen LogP contribution in [-0.4, -0.2) is 9.97 Å². The second-order valence-corrected chi connectivity index (χ2v) is 4.31. The SMILES string of the molecule is Nc1nccc(Oc2cc(F)c(Cl)cc2Br)n1. The van der Waals surface area contributed by atoms with Crippen molar-refractivity contribution in [1.29, 1.82) is 0 Å². The monoisotopic (exact) mass is 317 g/mol. The number of hydrogen-bond donors (Lipinski definition) is 1. The Labute approximate surface area is 110 Å². The third-order valence-corrected chi connectivity index (χ3v) is 2.75. The van der Waals surface area contributed by atoms with Crippen LogP contribution in [0.2, 0.25) is 5.02 Å². The molecular formula is C10H6BrClFN3O. The number of halogens is 3. The summed E-state index contributed by atoms with van der Waals surface area (Å²) in [4.78, 5) is 7.55. The molecule has 0 fully saturated rings. The number of nitrogens with two attached hydrogens (primary N) is 1. The van der Waals surface area contributed by atoms with Crippen LogP contribution in [-0.2, 0) is 0 Å². The van der Waals surface area contributed by atoms with Crippen LogP contribution in [0.15, 0.2) is 28.9 Å². The Balaban J connectivity index is 2.33. The first-order chi connectivity index (χ1) is 8.06. The zero-order valence-corrected chi connectivity index (χ0v) is 10.7. The lowest BCUT2D eigenvalue weighted by molar-refractivity contribution is 0.455. The summed E-state index contributed by atoms with van der Waals surface area (Å²) in [6.45, 7) is 0. The molecule has 0 saturated carbocycles. The van der Waals surface area contributed by atoms with Crippen LogP contribution < -0.4 is 10.5 Å². The van der Waals surface area contributed by atoms with E-state index in [1.165, 1.54) is 18.3 Å². The van der Waals surface area contributed by atoms with Crippen LogP contribution in [0.4, 0.5) is 10.3 Å². The van der Waals surface area contributed by atoms with Gasteiger partial charge in [0.25, 0.3) is 0 Å². The maximum absolute atomic E-state index is 13.3. The lowest BCUT2D eigenvalue weighted by atomic mass is 10.3. The van der Waals surface area contributed by atoms with Gasteiger partial charge in [0.1, 0.15) is 11.6 Å². The smallest absolute Gasteiger partial charge is 0.224 e. The van der Waals surface area contributed by atoms with Crippen molar-refractivity contribution in [2.45, 2.75) is 0 Å². The molecule has 7 heteroatoms. The summed E-state index contributed by atoms with van der Waals surface area (Å²) in [7, 11) is 0. The van der Waals surface area contributed by atoms with E-state index < -0.39 is 5.82 Å². The van der Waals surface area contributed by atoms with E-state index in [1.54, 1.807) is 0 Å². The van der Waals surface area contributed by atoms with E-state index in [9.17, 15) is 4.39 Å². The van der Waals surface area contributed by atoms with E-state index in [4.69, 9.17) is 22.1 Å². The number of ether oxygens (including phenoxy) is 1. The minimum absolute atomic E-state index is 0.00595. The van der Waals surface area contributed by atoms with Crippen LogP contribution in [0.25, 0.3) is 0 Å². The maximum Gasteiger partial charge on any atom is 0.224 e. The molecule has 4 nitrogen and oxygen atoms in total. The number of nitrogens with zero attached hydrogens (tertiary/aromatic N) is 2. The molecule has 0 unspecified atom stereocenters. The van der Waals surface area contributed by atoms with Gasteiger partial charge in [-0.3, -0.25) is 0 Å². The Morgan fingerprint density at radius 2 is 2.18 bits per heavy atom. The predicted molar refractivity (Wildman–Crippen MR) is 65.6 cm³/mol. The van der Waals surface area contributed by atoms with Crippen LogP contribution in [0.3, 0.4) is 0 Å². The number of hydrogen-bond acceptors (Lipinski definition) is 4. The molecule has 2 rings (SSSR count). The first kappa shape index (κ1) is 12.1. The highest BCUT2D eigenvalue weighted by Crippen LogP contribution is 2.33. The Kier molecular flexibility index (Phi) is 3.44. The van der Waals surface area contributed by atoms with E-state index >= 15 is 0 Å². The molecule has 0 saturated heterocycles. The molecule has 1 aromatic heterocycles. The standard InChI is InChI=1S/C10H6BrClFN3O/c11-5-3-6(12)7(13)4-8(5)17-9-1-2-15-10(14)16-9/h1-4H,(H2,14,15,16). The van der Waals surface area contributed by atoms with Crippen molar-refractivity contribution in [3.63, 3.8) is 0 Å².